The van der Waals surface area contributed by atoms with Crippen molar-refractivity contribution in [2.75, 3.05) is 5.43 Å². The van der Waals surface area contributed by atoms with Crippen molar-refractivity contribution in [3.63, 3.8) is 0 Å². The van der Waals surface area contributed by atoms with E-state index in [4.69, 9.17) is 5.84 Å². The Morgan fingerprint density at radius 2 is 2.18 bits per heavy atom. The molecule has 0 aliphatic carbocycles. The van der Waals surface area contributed by atoms with E-state index < -0.39 is 0 Å². The Kier molecular flexibility index (Phi) is 4.07. The zero-order chi connectivity index (χ0) is 13.1. The first-order valence-electron chi connectivity index (χ1n) is 5.65. The Morgan fingerprint density at radius 1 is 1.53 bits per heavy atom. The lowest BCUT2D eigenvalue weighted by Gasteiger charge is -2.25. The lowest BCUT2D eigenvalue weighted by atomic mass is 10.0. The number of nitrogens with zero attached hydrogens (tertiary/aromatic N) is 1. The number of aryl methyl sites for hydroxylation is 1. The molecule has 1 rings (SSSR count). The van der Waals surface area contributed by atoms with Crippen LogP contribution in [-0.4, -0.2) is 16.4 Å². The third-order valence-electron chi connectivity index (χ3n) is 2.78. The van der Waals surface area contributed by atoms with Crippen LogP contribution in [0, 0.1) is 6.92 Å². The van der Waals surface area contributed by atoms with Gasteiger partial charge in [0.05, 0.1) is 11.3 Å². The van der Waals surface area contributed by atoms with Crippen LogP contribution in [0.15, 0.2) is 12.3 Å². The Balaban J connectivity index is 2.96. The number of carbonyl (C=O) groups is 1. The average molecular weight is 236 g/mol. The highest BCUT2D eigenvalue weighted by atomic mass is 16.1. The molecule has 4 N–H and O–H groups in total. The largest absolute Gasteiger partial charge is 0.347 e. The number of nitrogens with one attached hydrogen (secondary N) is 2. The lowest BCUT2D eigenvalue weighted by Crippen LogP contribution is -2.43. The monoisotopic (exact) mass is 236 g/mol. The molecule has 1 heterocycles. The second kappa shape index (κ2) is 5.14. The molecule has 1 aromatic heterocycles. The summed E-state index contributed by atoms with van der Waals surface area (Å²) in [5.74, 6) is 5.23. The predicted molar refractivity (Wildman–Crippen MR) is 68.6 cm³/mol. The molecule has 0 spiro atoms. The third kappa shape index (κ3) is 3.42. The molecular weight excluding hydrogens is 216 g/mol. The van der Waals surface area contributed by atoms with E-state index in [0.29, 0.717) is 11.3 Å². The van der Waals surface area contributed by atoms with Gasteiger partial charge in [0.1, 0.15) is 0 Å². The molecule has 94 valence electrons. The van der Waals surface area contributed by atoms with Crippen molar-refractivity contribution in [1.82, 2.24) is 10.3 Å². The van der Waals surface area contributed by atoms with Crippen molar-refractivity contribution in [3.8, 4) is 0 Å². The zero-order valence-corrected chi connectivity index (χ0v) is 10.8. The first-order valence-corrected chi connectivity index (χ1v) is 5.65. The number of anilines is 1. The topological polar surface area (TPSA) is 80.0 Å². The third-order valence-corrected chi connectivity index (χ3v) is 2.78. The van der Waals surface area contributed by atoms with Crippen LogP contribution in [0.5, 0.6) is 0 Å². The SMILES string of the molecule is CCC(C)(C)NC(=O)c1cnc(C)cc1NN. The average Bonchev–Trinajstić information content (AvgIpc) is 2.28. The van der Waals surface area contributed by atoms with Crippen molar-refractivity contribution in [2.45, 2.75) is 39.7 Å². The van der Waals surface area contributed by atoms with Crippen LogP contribution < -0.4 is 16.6 Å². The first kappa shape index (κ1) is 13.4. The van der Waals surface area contributed by atoms with E-state index >= 15 is 0 Å². The highest BCUT2D eigenvalue weighted by Crippen LogP contribution is 2.16. The summed E-state index contributed by atoms with van der Waals surface area (Å²) in [4.78, 5) is 16.2. The number of nitrogen functional groups attached to an aromatic ring is 1. The second-order valence-corrected chi connectivity index (χ2v) is 4.71. The van der Waals surface area contributed by atoms with E-state index in [2.05, 4.69) is 15.7 Å². The molecule has 0 saturated heterocycles. The first-order chi connectivity index (χ1) is 7.89. The van der Waals surface area contributed by atoms with Gasteiger partial charge in [-0.25, -0.2) is 0 Å². The van der Waals surface area contributed by atoms with Gasteiger partial charge in [0.2, 0.25) is 0 Å². The fourth-order valence-corrected chi connectivity index (χ4v) is 1.32. The highest BCUT2D eigenvalue weighted by Gasteiger charge is 2.20. The summed E-state index contributed by atoms with van der Waals surface area (Å²) in [5, 5.41) is 2.94. The van der Waals surface area contributed by atoms with Gasteiger partial charge in [-0.2, -0.15) is 0 Å². The minimum absolute atomic E-state index is 0.169. The van der Waals surface area contributed by atoms with Crippen molar-refractivity contribution >= 4 is 11.6 Å². The number of pyridine rings is 1. The number of hydrogen-bond acceptors (Lipinski definition) is 4. The van der Waals surface area contributed by atoms with E-state index in [0.717, 1.165) is 12.1 Å². The Bertz CT molecular complexity index is 415. The molecule has 1 amide bonds. The number of amides is 1. The second-order valence-electron chi connectivity index (χ2n) is 4.71. The standard InChI is InChI=1S/C12H20N4O/c1-5-12(3,4)15-11(17)9-7-14-8(2)6-10(9)16-13/h6-7H,5,13H2,1-4H3,(H,14,16)(H,15,17). The molecule has 0 fully saturated rings. The van der Waals surface area contributed by atoms with Crippen molar-refractivity contribution < 1.29 is 4.79 Å². The smallest absolute Gasteiger partial charge is 0.255 e. The van der Waals surface area contributed by atoms with Gasteiger partial charge in [-0.05, 0) is 33.3 Å². The van der Waals surface area contributed by atoms with Gasteiger partial charge in [0.25, 0.3) is 5.91 Å². The maximum atomic E-state index is 12.1. The maximum Gasteiger partial charge on any atom is 0.255 e. The van der Waals surface area contributed by atoms with Crippen LogP contribution in [0.4, 0.5) is 5.69 Å². The summed E-state index contributed by atoms with van der Waals surface area (Å²) in [6.45, 7) is 7.82. The van der Waals surface area contributed by atoms with E-state index in [1.54, 1.807) is 6.07 Å². The van der Waals surface area contributed by atoms with Gasteiger partial charge in [-0.3, -0.25) is 15.6 Å². The molecule has 0 bridgehead atoms. The minimum Gasteiger partial charge on any atom is -0.347 e. The maximum absolute atomic E-state index is 12.1. The molecule has 0 atom stereocenters. The van der Waals surface area contributed by atoms with Crippen molar-refractivity contribution in [2.24, 2.45) is 5.84 Å². The molecule has 5 nitrogen and oxygen atoms in total. The van der Waals surface area contributed by atoms with Gasteiger partial charge in [-0.15, -0.1) is 0 Å². The number of nitrogens with two attached hydrogens (primary N) is 1. The Morgan fingerprint density at radius 3 is 2.71 bits per heavy atom. The Hall–Kier alpha value is -1.62. The van der Waals surface area contributed by atoms with E-state index in [-0.39, 0.29) is 11.4 Å². The molecular formula is C12H20N4O. The molecule has 17 heavy (non-hydrogen) atoms. The Labute approximate surface area is 102 Å². The molecule has 0 radical (unpaired) electrons. The minimum atomic E-state index is -0.242. The molecule has 0 aliphatic rings. The summed E-state index contributed by atoms with van der Waals surface area (Å²) >= 11 is 0. The van der Waals surface area contributed by atoms with E-state index in [9.17, 15) is 4.79 Å². The number of hydrazine groups is 1. The fraction of sp³-hybridized carbons (Fsp3) is 0.500. The molecule has 5 heteroatoms. The molecule has 1 aromatic rings. The van der Waals surface area contributed by atoms with Gasteiger partial charge in [0, 0.05) is 17.4 Å². The van der Waals surface area contributed by atoms with Crippen LogP contribution in [0.1, 0.15) is 43.2 Å². The van der Waals surface area contributed by atoms with Crippen LogP contribution in [0.2, 0.25) is 0 Å². The van der Waals surface area contributed by atoms with Gasteiger partial charge >= 0.3 is 0 Å². The molecule has 0 unspecified atom stereocenters. The molecule has 0 aromatic carbocycles. The predicted octanol–water partition coefficient (Wildman–Crippen LogP) is 1.59. The summed E-state index contributed by atoms with van der Waals surface area (Å²) in [6.07, 6.45) is 2.38. The summed E-state index contributed by atoms with van der Waals surface area (Å²) in [6, 6.07) is 1.74. The quantitative estimate of drug-likeness (QED) is 0.548. The summed E-state index contributed by atoms with van der Waals surface area (Å²) in [5.41, 5.74) is 4.13. The summed E-state index contributed by atoms with van der Waals surface area (Å²) < 4.78 is 0. The summed E-state index contributed by atoms with van der Waals surface area (Å²) in [7, 11) is 0. The van der Waals surface area contributed by atoms with Gasteiger partial charge in [-0.1, -0.05) is 6.92 Å². The van der Waals surface area contributed by atoms with Gasteiger partial charge < -0.3 is 10.7 Å². The van der Waals surface area contributed by atoms with Crippen LogP contribution in [0.3, 0.4) is 0 Å². The molecule has 0 aliphatic heterocycles. The number of carbonyl (C=O) groups excluding carboxylic acids is 1. The number of aromatic nitrogens is 1. The van der Waals surface area contributed by atoms with Crippen LogP contribution in [0.25, 0.3) is 0 Å². The fourth-order valence-electron chi connectivity index (χ4n) is 1.32. The van der Waals surface area contributed by atoms with E-state index in [1.807, 2.05) is 27.7 Å². The van der Waals surface area contributed by atoms with Crippen molar-refractivity contribution in [3.05, 3.63) is 23.5 Å². The van der Waals surface area contributed by atoms with Crippen LogP contribution in [-0.2, 0) is 0 Å². The van der Waals surface area contributed by atoms with Crippen molar-refractivity contribution in [1.29, 1.82) is 0 Å². The van der Waals surface area contributed by atoms with Gasteiger partial charge in [0.15, 0.2) is 0 Å². The molecule has 0 saturated carbocycles. The number of rotatable bonds is 4. The number of hydrogen-bond donors (Lipinski definition) is 3. The van der Waals surface area contributed by atoms with Crippen LogP contribution >= 0.6 is 0 Å². The normalized spacial score (nSPS) is 11.1. The lowest BCUT2D eigenvalue weighted by molar-refractivity contribution is 0.0911. The van der Waals surface area contributed by atoms with E-state index in [1.165, 1.54) is 6.20 Å². The highest BCUT2D eigenvalue weighted by molar-refractivity contribution is 5.99. The zero-order valence-electron chi connectivity index (χ0n) is 10.8.